The zero-order valence-electron chi connectivity index (χ0n) is 9.75. The second-order valence-electron chi connectivity index (χ2n) is 3.34. The first-order chi connectivity index (χ1) is 8.27. The highest BCUT2D eigenvalue weighted by Crippen LogP contribution is 2.24. The summed E-state index contributed by atoms with van der Waals surface area (Å²) < 4.78 is 16.8. The predicted octanol–water partition coefficient (Wildman–Crippen LogP) is 3.23. The molecule has 1 aromatic rings. The zero-order valence-corrected chi connectivity index (χ0v) is 12.1. The number of halogens is 2. The lowest BCUT2D eigenvalue weighted by Gasteiger charge is -2.10. The van der Waals surface area contributed by atoms with Gasteiger partial charge in [-0.2, -0.15) is 0 Å². The Morgan fingerprint density at radius 1 is 1.18 bits per heavy atom. The van der Waals surface area contributed by atoms with Crippen LogP contribution >= 0.6 is 27.5 Å². The Hall–Kier alpha value is -0.290. The van der Waals surface area contributed by atoms with Crippen molar-refractivity contribution in [3.05, 3.63) is 28.2 Å². The molecule has 0 fully saturated rings. The van der Waals surface area contributed by atoms with Crippen molar-refractivity contribution in [3.63, 3.8) is 0 Å². The molecule has 17 heavy (non-hydrogen) atoms. The summed E-state index contributed by atoms with van der Waals surface area (Å²) in [5.41, 5.74) is 0.970. The number of hydrogen-bond acceptors (Lipinski definition) is 3. The van der Waals surface area contributed by atoms with Crippen molar-refractivity contribution in [2.45, 2.75) is 5.88 Å². The number of hydrogen-bond donors (Lipinski definition) is 0. The number of benzene rings is 1. The number of alkyl halides is 1. The van der Waals surface area contributed by atoms with Crippen LogP contribution in [-0.4, -0.2) is 33.5 Å². The van der Waals surface area contributed by atoms with E-state index in [-0.39, 0.29) is 0 Å². The van der Waals surface area contributed by atoms with E-state index in [2.05, 4.69) is 15.9 Å². The van der Waals surface area contributed by atoms with E-state index >= 15 is 0 Å². The van der Waals surface area contributed by atoms with Gasteiger partial charge in [0.1, 0.15) is 12.4 Å². The normalized spacial score (nSPS) is 10.5. The van der Waals surface area contributed by atoms with E-state index in [9.17, 15) is 0 Å². The fourth-order valence-corrected chi connectivity index (χ4v) is 1.87. The van der Waals surface area contributed by atoms with Gasteiger partial charge in [-0.05, 0) is 18.2 Å². The molecule has 0 saturated carbocycles. The van der Waals surface area contributed by atoms with Gasteiger partial charge in [0, 0.05) is 17.1 Å². The largest absolute Gasteiger partial charge is 0.491 e. The van der Waals surface area contributed by atoms with Crippen LogP contribution in [0.2, 0.25) is 0 Å². The molecule has 0 heterocycles. The van der Waals surface area contributed by atoms with Crippen molar-refractivity contribution >= 4 is 27.5 Å². The molecule has 96 valence electrons. The molecule has 0 aliphatic rings. The maximum atomic E-state index is 5.84. The molecular formula is C12H16BrClO3. The highest BCUT2D eigenvalue weighted by atomic mass is 79.9. The standard InChI is InChI=1S/C12H16BrClO3/c1-15-4-5-16-6-7-17-12-3-2-11(13)8-10(12)9-14/h2-3,8H,4-7,9H2,1H3. The quantitative estimate of drug-likeness (QED) is 0.543. The molecule has 0 aliphatic carbocycles. The average Bonchev–Trinajstić information content (AvgIpc) is 2.35. The van der Waals surface area contributed by atoms with Gasteiger partial charge >= 0.3 is 0 Å². The van der Waals surface area contributed by atoms with Crippen molar-refractivity contribution < 1.29 is 14.2 Å². The summed E-state index contributed by atoms with van der Waals surface area (Å²) >= 11 is 9.23. The Kier molecular flexibility index (Phi) is 7.60. The molecule has 0 amide bonds. The zero-order chi connectivity index (χ0) is 12.5. The molecule has 0 aromatic heterocycles. The Bertz CT molecular complexity index is 334. The number of ether oxygens (including phenoxy) is 3. The van der Waals surface area contributed by atoms with Crippen molar-refractivity contribution in [2.24, 2.45) is 0 Å². The Labute approximate surface area is 115 Å². The molecule has 0 atom stereocenters. The van der Waals surface area contributed by atoms with Gasteiger partial charge in [0.05, 0.1) is 25.7 Å². The minimum absolute atomic E-state index is 0.430. The minimum atomic E-state index is 0.430. The van der Waals surface area contributed by atoms with Crippen LogP contribution in [-0.2, 0) is 15.4 Å². The lowest BCUT2D eigenvalue weighted by Crippen LogP contribution is -2.10. The molecule has 3 nitrogen and oxygen atoms in total. The van der Waals surface area contributed by atoms with Crippen LogP contribution < -0.4 is 4.74 Å². The van der Waals surface area contributed by atoms with Crippen molar-refractivity contribution in [3.8, 4) is 5.75 Å². The van der Waals surface area contributed by atoms with E-state index in [1.54, 1.807) is 7.11 Å². The third-order valence-electron chi connectivity index (χ3n) is 2.08. The van der Waals surface area contributed by atoms with Crippen LogP contribution in [0, 0.1) is 0 Å². The van der Waals surface area contributed by atoms with Gasteiger partial charge in [-0.3, -0.25) is 0 Å². The lowest BCUT2D eigenvalue weighted by molar-refractivity contribution is 0.0543. The van der Waals surface area contributed by atoms with E-state index in [0.717, 1.165) is 15.8 Å². The predicted molar refractivity (Wildman–Crippen MR) is 71.9 cm³/mol. The van der Waals surface area contributed by atoms with Crippen LogP contribution in [0.5, 0.6) is 5.75 Å². The molecular weight excluding hydrogens is 307 g/mol. The van der Waals surface area contributed by atoms with Gasteiger partial charge in [-0.1, -0.05) is 15.9 Å². The smallest absolute Gasteiger partial charge is 0.123 e. The van der Waals surface area contributed by atoms with Crippen LogP contribution in [0.4, 0.5) is 0 Å². The Morgan fingerprint density at radius 3 is 2.65 bits per heavy atom. The fraction of sp³-hybridized carbons (Fsp3) is 0.500. The van der Waals surface area contributed by atoms with Gasteiger partial charge in [-0.15, -0.1) is 11.6 Å². The fourth-order valence-electron chi connectivity index (χ4n) is 1.25. The van der Waals surface area contributed by atoms with Crippen molar-refractivity contribution in [1.29, 1.82) is 0 Å². The monoisotopic (exact) mass is 322 g/mol. The molecule has 0 radical (unpaired) electrons. The summed E-state index contributed by atoms with van der Waals surface area (Å²) in [5.74, 6) is 1.23. The molecule has 1 rings (SSSR count). The van der Waals surface area contributed by atoms with Crippen LogP contribution in [0.1, 0.15) is 5.56 Å². The summed E-state index contributed by atoms with van der Waals surface area (Å²) in [5, 5.41) is 0. The third kappa shape index (κ3) is 5.73. The molecule has 0 aliphatic heterocycles. The Morgan fingerprint density at radius 2 is 1.94 bits per heavy atom. The first-order valence-electron chi connectivity index (χ1n) is 5.31. The van der Waals surface area contributed by atoms with E-state index in [1.165, 1.54) is 0 Å². The highest BCUT2D eigenvalue weighted by Gasteiger charge is 2.03. The summed E-state index contributed by atoms with van der Waals surface area (Å²) in [4.78, 5) is 0. The van der Waals surface area contributed by atoms with E-state index in [1.807, 2.05) is 18.2 Å². The third-order valence-corrected chi connectivity index (χ3v) is 2.86. The van der Waals surface area contributed by atoms with Crippen LogP contribution in [0.15, 0.2) is 22.7 Å². The van der Waals surface area contributed by atoms with Gasteiger partial charge in [0.25, 0.3) is 0 Å². The molecule has 0 saturated heterocycles. The highest BCUT2D eigenvalue weighted by molar-refractivity contribution is 9.10. The minimum Gasteiger partial charge on any atom is -0.491 e. The first kappa shape index (κ1) is 14.8. The second-order valence-corrected chi connectivity index (χ2v) is 4.52. The van der Waals surface area contributed by atoms with E-state index in [4.69, 9.17) is 25.8 Å². The Balaban J connectivity index is 2.31. The first-order valence-corrected chi connectivity index (χ1v) is 6.64. The van der Waals surface area contributed by atoms with Gasteiger partial charge in [0.2, 0.25) is 0 Å². The molecule has 0 spiro atoms. The topological polar surface area (TPSA) is 27.7 Å². The van der Waals surface area contributed by atoms with Gasteiger partial charge in [-0.25, -0.2) is 0 Å². The van der Waals surface area contributed by atoms with Crippen molar-refractivity contribution in [2.75, 3.05) is 33.5 Å². The SMILES string of the molecule is COCCOCCOc1ccc(Br)cc1CCl. The molecule has 0 bridgehead atoms. The second kappa shape index (κ2) is 8.75. The van der Waals surface area contributed by atoms with Crippen LogP contribution in [0.3, 0.4) is 0 Å². The summed E-state index contributed by atoms with van der Waals surface area (Å²) in [7, 11) is 1.65. The summed E-state index contributed by atoms with van der Waals surface area (Å²) in [6.45, 7) is 2.24. The maximum Gasteiger partial charge on any atom is 0.123 e. The van der Waals surface area contributed by atoms with E-state index in [0.29, 0.717) is 32.3 Å². The van der Waals surface area contributed by atoms with E-state index < -0.39 is 0 Å². The van der Waals surface area contributed by atoms with Gasteiger partial charge < -0.3 is 14.2 Å². The number of rotatable bonds is 8. The van der Waals surface area contributed by atoms with Crippen LogP contribution in [0.25, 0.3) is 0 Å². The molecule has 0 N–H and O–H groups in total. The summed E-state index contributed by atoms with van der Waals surface area (Å²) in [6, 6.07) is 5.78. The maximum absolute atomic E-state index is 5.84. The lowest BCUT2D eigenvalue weighted by atomic mass is 10.2. The summed E-state index contributed by atoms with van der Waals surface area (Å²) in [6.07, 6.45) is 0. The molecule has 5 heteroatoms. The van der Waals surface area contributed by atoms with Crippen molar-refractivity contribution in [1.82, 2.24) is 0 Å². The molecule has 0 unspecified atom stereocenters. The average molecular weight is 324 g/mol. The van der Waals surface area contributed by atoms with Gasteiger partial charge in [0.15, 0.2) is 0 Å². The number of methoxy groups -OCH3 is 1. The molecule has 1 aromatic carbocycles.